The Morgan fingerprint density at radius 3 is 2.72 bits per heavy atom. The minimum Gasteiger partial charge on any atom is -0.389 e. The molecule has 0 aromatic heterocycles. The second-order valence-corrected chi connectivity index (χ2v) is 5.78. The van der Waals surface area contributed by atoms with Crippen molar-refractivity contribution in [1.82, 2.24) is 0 Å². The lowest BCUT2D eigenvalue weighted by Gasteiger charge is -2.41. The maximum absolute atomic E-state index is 13.7. The summed E-state index contributed by atoms with van der Waals surface area (Å²) in [7, 11) is 0. The molecule has 0 heterocycles. The van der Waals surface area contributed by atoms with Gasteiger partial charge in [0.25, 0.3) is 0 Å². The summed E-state index contributed by atoms with van der Waals surface area (Å²) < 4.78 is 26.8. The van der Waals surface area contributed by atoms with Crippen LogP contribution in [0.2, 0.25) is 0 Å². The molecule has 1 fully saturated rings. The van der Waals surface area contributed by atoms with Gasteiger partial charge in [-0.15, -0.1) is 0 Å². The van der Waals surface area contributed by atoms with Gasteiger partial charge in [-0.05, 0) is 36.3 Å². The summed E-state index contributed by atoms with van der Waals surface area (Å²) in [6, 6.07) is 4.16. The fourth-order valence-corrected chi connectivity index (χ4v) is 2.97. The Balaban J connectivity index is 2.23. The molecule has 18 heavy (non-hydrogen) atoms. The summed E-state index contributed by atoms with van der Waals surface area (Å²) in [6.45, 7) is 4.09. The largest absolute Gasteiger partial charge is 0.389 e. The smallest absolute Gasteiger partial charge is 0.162 e. The second-order valence-electron chi connectivity index (χ2n) is 5.78. The predicted octanol–water partition coefficient (Wildman–Crippen LogP) is 3.69. The van der Waals surface area contributed by atoms with E-state index in [1.807, 2.05) is 6.92 Å². The van der Waals surface area contributed by atoms with E-state index in [0.29, 0.717) is 12.3 Å². The quantitative estimate of drug-likeness (QED) is 0.853. The molecule has 1 aromatic rings. The lowest BCUT2D eigenvalue weighted by atomic mass is 9.69. The van der Waals surface area contributed by atoms with Crippen LogP contribution in [0, 0.1) is 23.5 Å². The third-order valence-corrected chi connectivity index (χ3v) is 4.24. The Bertz CT molecular complexity index is 433. The van der Waals surface area contributed by atoms with E-state index in [9.17, 15) is 13.9 Å². The van der Waals surface area contributed by atoms with E-state index in [4.69, 9.17) is 0 Å². The summed E-state index contributed by atoms with van der Waals surface area (Å²) in [5, 5.41) is 10.7. The average molecular weight is 254 g/mol. The zero-order chi connectivity index (χ0) is 13.3. The van der Waals surface area contributed by atoms with E-state index < -0.39 is 17.2 Å². The van der Waals surface area contributed by atoms with Crippen molar-refractivity contribution in [2.75, 3.05) is 0 Å². The number of hydrogen-bond donors (Lipinski definition) is 1. The number of halogens is 2. The van der Waals surface area contributed by atoms with Gasteiger partial charge in [-0.2, -0.15) is 0 Å². The van der Waals surface area contributed by atoms with Gasteiger partial charge in [0.1, 0.15) is 0 Å². The van der Waals surface area contributed by atoms with E-state index in [0.717, 1.165) is 18.9 Å². The minimum atomic E-state index is -0.910. The third-order valence-electron chi connectivity index (χ3n) is 4.24. The van der Waals surface area contributed by atoms with Crippen LogP contribution in [0.25, 0.3) is 0 Å². The molecule has 0 radical (unpaired) electrons. The van der Waals surface area contributed by atoms with Gasteiger partial charge in [0.05, 0.1) is 5.60 Å². The lowest BCUT2D eigenvalue weighted by Crippen LogP contribution is -2.43. The summed E-state index contributed by atoms with van der Waals surface area (Å²) in [6.07, 6.45) is 2.88. The van der Waals surface area contributed by atoms with E-state index in [1.54, 1.807) is 6.07 Å². The Kier molecular flexibility index (Phi) is 3.71. The van der Waals surface area contributed by atoms with Gasteiger partial charge in [-0.1, -0.05) is 32.4 Å². The number of benzene rings is 1. The van der Waals surface area contributed by atoms with Crippen LogP contribution >= 0.6 is 0 Å². The molecule has 0 amide bonds. The molecule has 3 atom stereocenters. The first-order chi connectivity index (χ1) is 8.42. The molecule has 1 N–H and O–H groups in total. The van der Waals surface area contributed by atoms with Crippen molar-refractivity contribution in [3.63, 3.8) is 0 Å². The highest BCUT2D eigenvalue weighted by Gasteiger charge is 2.39. The molecular formula is C15H20F2O. The maximum atomic E-state index is 13.7. The van der Waals surface area contributed by atoms with Crippen LogP contribution in [0.5, 0.6) is 0 Å². The minimum absolute atomic E-state index is 0.122. The molecule has 3 heteroatoms. The fourth-order valence-electron chi connectivity index (χ4n) is 2.97. The molecule has 3 unspecified atom stereocenters. The van der Waals surface area contributed by atoms with Crippen LogP contribution in [0.1, 0.15) is 38.7 Å². The highest BCUT2D eigenvalue weighted by molar-refractivity contribution is 5.21. The van der Waals surface area contributed by atoms with Crippen LogP contribution < -0.4 is 0 Å². The molecular weight excluding hydrogens is 234 g/mol. The Labute approximate surface area is 107 Å². The third kappa shape index (κ3) is 2.56. The van der Waals surface area contributed by atoms with Crippen molar-refractivity contribution < 1.29 is 13.9 Å². The highest BCUT2D eigenvalue weighted by Crippen LogP contribution is 2.39. The topological polar surface area (TPSA) is 20.2 Å². The standard InChI is InChI=1S/C15H20F2O/c1-10-6-7-11(2)15(18,8-10)9-12-4-3-5-13(16)14(12)17/h3-5,10-11,18H,6-9H2,1-2H3. The Hall–Kier alpha value is -0.960. The summed E-state index contributed by atoms with van der Waals surface area (Å²) in [5.41, 5.74) is -0.634. The van der Waals surface area contributed by atoms with Crippen LogP contribution in [-0.4, -0.2) is 10.7 Å². The molecule has 2 rings (SSSR count). The average Bonchev–Trinajstić information content (AvgIpc) is 2.30. The predicted molar refractivity (Wildman–Crippen MR) is 67.2 cm³/mol. The summed E-state index contributed by atoms with van der Waals surface area (Å²) in [4.78, 5) is 0. The van der Waals surface area contributed by atoms with Crippen LogP contribution in [0.15, 0.2) is 18.2 Å². The van der Waals surface area contributed by atoms with Gasteiger partial charge < -0.3 is 5.11 Å². The molecule has 1 aromatic carbocycles. The monoisotopic (exact) mass is 254 g/mol. The van der Waals surface area contributed by atoms with E-state index in [-0.39, 0.29) is 17.9 Å². The van der Waals surface area contributed by atoms with Crippen molar-refractivity contribution in [1.29, 1.82) is 0 Å². The summed E-state index contributed by atoms with van der Waals surface area (Å²) in [5.74, 6) is -1.11. The first kappa shape index (κ1) is 13.5. The molecule has 0 bridgehead atoms. The van der Waals surface area contributed by atoms with Gasteiger partial charge in [0.2, 0.25) is 0 Å². The zero-order valence-electron chi connectivity index (χ0n) is 10.9. The van der Waals surface area contributed by atoms with Gasteiger partial charge in [-0.3, -0.25) is 0 Å². The second kappa shape index (κ2) is 4.96. The number of rotatable bonds is 2. The van der Waals surface area contributed by atoms with Crippen molar-refractivity contribution >= 4 is 0 Å². The maximum Gasteiger partial charge on any atom is 0.162 e. The molecule has 0 spiro atoms. The molecule has 1 aliphatic carbocycles. The Morgan fingerprint density at radius 1 is 1.28 bits per heavy atom. The van der Waals surface area contributed by atoms with Gasteiger partial charge in [0, 0.05) is 6.42 Å². The molecule has 1 saturated carbocycles. The number of hydrogen-bond acceptors (Lipinski definition) is 1. The zero-order valence-corrected chi connectivity index (χ0v) is 10.9. The molecule has 0 saturated heterocycles. The molecule has 100 valence electrons. The van der Waals surface area contributed by atoms with Crippen molar-refractivity contribution in [2.24, 2.45) is 11.8 Å². The fraction of sp³-hybridized carbons (Fsp3) is 0.600. The molecule has 1 nitrogen and oxygen atoms in total. The van der Waals surface area contributed by atoms with Crippen LogP contribution in [0.3, 0.4) is 0 Å². The first-order valence-corrected chi connectivity index (χ1v) is 6.57. The first-order valence-electron chi connectivity index (χ1n) is 6.57. The van der Waals surface area contributed by atoms with E-state index in [2.05, 4.69) is 6.92 Å². The van der Waals surface area contributed by atoms with Crippen LogP contribution in [0.4, 0.5) is 8.78 Å². The lowest BCUT2D eigenvalue weighted by molar-refractivity contribution is -0.0566. The SMILES string of the molecule is CC1CCC(C)C(O)(Cc2cccc(F)c2F)C1. The molecule has 1 aliphatic rings. The van der Waals surface area contributed by atoms with Gasteiger partial charge >= 0.3 is 0 Å². The van der Waals surface area contributed by atoms with E-state index >= 15 is 0 Å². The van der Waals surface area contributed by atoms with Crippen molar-refractivity contribution in [3.05, 3.63) is 35.4 Å². The van der Waals surface area contributed by atoms with Crippen LogP contribution in [-0.2, 0) is 6.42 Å². The number of aliphatic hydroxyl groups is 1. The normalized spacial score (nSPS) is 32.5. The Morgan fingerprint density at radius 2 is 2.00 bits per heavy atom. The summed E-state index contributed by atoms with van der Waals surface area (Å²) >= 11 is 0. The van der Waals surface area contributed by atoms with Gasteiger partial charge in [-0.25, -0.2) is 8.78 Å². The van der Waals surface area contributed by atoms with E-state index in [1.165, 1.54) is 6.07 Å². The molecule has 0 aliphatic heterocycles. The highest BCUT2D eigenvalue weighted by atomic mass is 19.2. The van der Waals surface area contributed by atoms with Crippen molar-refractivity contribution in [3.8, 4) is 0 Å². The van der Waals surface area contributed by atoms with Gasteiger partial charge in [0.15, 0.2) is 11.6 Å². The van der Waals surface area contributed by atoms with Crippen molar-refractivity contribution in [2.45, 2.75) is 45.1 Å².